The van der Waals surface area contributed by atoms with E-state index >= 15 is 0 Å². The van der Waals surface area contributed by atoms with Crippen molar-refractivity contribution in [2.45, 2.75) is 32.7 Å². The quantitative estimate of drug-likeness (QED) is 0.847. The highest BCUT2D eigenvalue weighted by molar-refractivity contribution is 5.72. The Balaban J connectivity index is 2.27. The zero-order valence-electron chi connectivity index (χ0n) is 12.0. The first-order valence-corrected chi connectivity index (χ1v) is 7.05. The van der Waals surface area contributed by atoms with E-state index in [4.69, 9.17) is 4.74 Å². The van der Waals surface area contributed by atoms with Crippen molar-refractivity contribution >= 4 is 11.8 Å². The molecule has 1 aromatic rings. The average Bonchev–Trinajstić information content (AvgIpc) is 2.94. The van der Waals surface area contributed by atoms with Crippen molar-refractivity contribution in [3.8, 4) is 0 Å². The fraction of sp³-hybridized carbons (Fsp3) is 0.643. The smallest absolute Gasteiger partial charge is 0.311 e. The van der Waals surface area contributed by atoms with Crippen molar-refractivity contribution in [1.82, 2.24) is 9.97 Å². The summed E-state index contributed by atoms with van der Waals surface area (Å²) in [6, 6.07) is 1.78. The van der Waals surface area contributed by atoms with Gasteiger partial charge in [0, 0.05) is 18.3 Å². The number of nitrogens with zero attached hydrogens (tertiary/aromatic N) is 3. The van der Waals surface area contributed by atoms with E-state index in [0.717, 1.165) is 30.9 Å². The van der Waals surface area contributed by atoms with Crippen LogP contribution in [-0.4, -0.2) is 46.8 Å². The summed E-state index contributed by atoms with van der Waals surface area (Å²) in [5.41, 5.74) is 0.960. The molecule has 1 aliphatic heterocycles. The molecule has 0 spiro atoms. The fourth-order valence-corrected chi connectivity index (χ4v) is 2.51. The first kappa shape index (κ1) is 14.7. The molecule has 1 saturated heterocycles. The minimum absolute atomic E-state index is 0.160. The van der Waals surface area contributed by atoms with Gasteiger partial charge in [0.15, 0.2) is 0 Å². The molecule has 0 bridgehead atoms. The number of carbonyl (C=O) groups is 1. The van der Waals surface area contributed by atoms with Gasteiger partial charge in [0.1, 0.15) is 18.1 Å². The molecule has 110 valence electrons. The monoisotopic (exact) mass is 279 g/mol. The molecule has 2 heterocycles. The lowest BCUT2D eigenvalue weighted by atomic mass is 10.0. The summed E-state index contributed by atoms with van der Waals surface area (Å²) in [6.07, 6.45) is 3.30. The second kappa shape index (κ2) is 6.65. The Labute approximate surface area is 118 Å². The van der Waals surface area contributed by atoms with Gasteiger partial charge in [-0.25, -0.2) is 9.97 Å². The minimum Gasteiger partial charge on any atom is -0.481 e. The Morgan fingerprint density at radius 3 is 2.90 bits per heavy atom. The highest BCUT2D eigenvalue weighted by Gasteiger charge is 2.38. The summed E-state index contributed by atoms with van der Waals surface area (Å²) in [5, 5.41) is 9.31. The Bertz CT molecular complexity index is 467. The Hall–Kier alpha value is -1.69. The molecule has 0 aliphatic carbocycles. The zero-order valence-corrected chi connectivity index (χ0v) is 12.0. The van der Waals surface area contributed by atoms with Gasteiger partial charge in [-0.15, -0.1) is 0 Å². The molecule has 2 rings (SSSR count). The van der Waals surface area contributed by atoms with Gasteiger partial charge in [0.2, 0.25) is 0 Å². The zero-order chi connectivity index (χ0) is 14.5. The molecule has 0 aromatic carbocycles. The summed E-state index contributed by atoms with van der Waals surface area (Å²) in [5.74, 6) is -0.514. The number of aryl methyl sites for hydroxylation is 1. The third kappa shape index (κ3) is 3.07. The highest BCUT2D eigenvalue weighted by Crippen LogP contribution is 2.25. The molecular formula is C14H21N3O3. The van der Waals surface area contributed by atoms with Gasteiger partial charge >= 0.3 is 5.97 Å². The molecule has 20 heavy (non-hydrogen) atoms. The van der Waals surface area contributed by atoms with Crippen LogP contribution in [0.4, 0.5) is 5.82 Å². The second-order valence-electron chi connectivity index (χ2n) is 4.96. The predicted octanol–water partition coefficient (Wildman–Crippen LogP) is 1.35. The van der Waals surface area contributed by atoms with Gasteiger partial charge in [-0.2, -0.15) is 0 Å². The molecule has 2 atom stereocenters. The first-order chi connectivity index (χ1) is 9.67. The number of anilines is 1. The van der Waals surface area contributed by atoms with Crippen molar-refractivity contribution in [1.29, 1.82) is 0 Å². The van der Waals surface area contributed by atoms with Gasteiger partial charge in [0.25, 0.3) is 0 Å². The largest absolute Gasteiger partial charge is 0.481 e. The average molecular weight is 279 g/mol. The number of ether oxygens (including phenoxy) is 1. The minimum atomic E-state index is -0.807. The number of hydrogen-bond acceptors (Lipinski definition) is 5. The van der Waals surface area contributed by atoms with Gasteiger partial charge < -0.3 is 14.7 Å². The Morgan fingerprint density at radius 1 is 1.45 bits per heavy atom. The van der Waals surface area contributed by atoms with Crippen molar-refractivity contribution in [3.63, 3.8) is 0 Å². The van der Waals surface area contributed by atoms with Gasteiger partial charge in [-0.3, -0.25) is 4.79 Å². The normalized spacial score (nSPS) is 21.9. The number of hydrogen-bond donors (Lipinski definition) is 1. The van der Waals surface area contributed by atoms with E-state index in [1.165, 1.54) is 0 Å². The van der Waals surface area contributed by atoms with Gasteiger partial charge in [0.05, 0.1) is 19.3 Å². The predicted molar refractivity (Wildman–Crippen MR) is 74.8 cm³/mol. The molecule has 1 aromatic heterocycles. The highest BCUT2D eigenvalue weighted by atomic mass is 16.5. The Kier molecular flexibility index (Phi) is 4.89. The van der Waals surface area contributed by atoms with Crippen LogP contribution in [0, 0.1) is 5.92 Å². The van der Waals surface area contributed by atoms with Crippen molar-refractivity contribution in [2.75, 3.05) is 24.7 Å². The molecular weight excluding hydrogens is 258 g/mol. The second-order valence-corrected chi connectivity index (χ2v) is 4.96. The summed E-state index contributed by atoms with van der Waals surface area (Å²) in [4.78, 5) is 21.9. The van der Waals surface area contributed by atoms with Crippen LogP contribution in [0.3, 0.4) is 0 Å². The third-order valence-corrected chi connectivity index (χ3v) is 3.60. The van der Waals surface area contributed by atoms with E-state index < -0.39 is 11.9 Å². The van der Waals surface area contributed by atoms with Crippen molar-refractivity contribution in [3.05, 3.63) is 18.1 Å². The van der Waals surface area contributed by atoms with Gasteiger partial charge in [-0.1, -0.05) is 13.8 Å². The molecule has 1 N–H and O–H groups in total. The van der Waals surface area contributed by atoms with E-state index in [9.17, 15) is 9.90 Å². The maximum atomic E-state index is 11.3. The van der Waals surface area contributed by atoms with Crippen LogP contribution in [-0.2, 0) is 16.0 Å². The number of carboxylic acids is 1. The van der Waals surface area contributed by atoms with Crippen LogP contribution in [0.1, 0.15) is 26.0 Å². The summed E-state index contributed by atoms with van der Waals surface area (Å²) >= 11 is 0. The molecule has 1 fully saturated rings. The van der Waals surface area contributed by atoms with E-state index in [2.05, 4.69) is 16.9 Å². The number of aliphatic carboxylic acids is 1. The molecule has 0 radical (unpaired) electrons. The third-order valence-electron chi connectivity index (χ3n) is 3.60. The molecule has 6 heteroatoms. The lowest BCUT2D eigenvalue weighted by molar-refractivity contribution is -0.141. The van der Waals surface area contributed by atoms with E-state index in [-0.39, 0.29) is 12.6 Å². The standard InChI is InChI=1S/C14H21N3O3/c1-3-5-17(12-8-20-7-11(12)14(18)19)13-6-10(4-2)15-9-16-13/h6,9,11-12H,3-5,7-8H2,1-2H3,(H,18,19). The van der Waals surface area contributed by atoms with Gasteiger partial charge in [-0.05, 0) is 12.8 Å². The van der Waals surface area contributed by atoms with E-state index in [1.807, 2.05) is 17.9 Å². The van der Waals surface area contributed by atoms with Crippen LogP contribution in [0.25, 0.3) is 0 Å². The molecule has 0 amide bonds. The topological polar surface area (TPSA) is 75.5 Å². The summed E-state index contributed by atoms with van der Waals surface area (Å²) in [6.45, 7) is 5.57. The molecule has 0 saturated carbocycles. The SMILES string of the molecule is CCCN(c1cc(CC)ncn1)C1COCC1C(=O)O. The van der Waals surface area contributed by atoms with Crippen molar-refractivity contribution in [2.24, 2.45) is 5.92 Å². The van der Waals surface area contributed by atoms with Crippen LogP contribution in [0.2, 0.25) is 0 Å². The summed E-state index contributed by atoms with van der Waals surface area (Å²) in [7, 11) is 0. The van der Waals surface area contributed by atoms with Crippen LogP contribution in [0.15, 0.2) is 12.4 Å². The number of aromatic nitrogens is 2. The van der Waals surface area contributed by atoms with Crippen molar-refractivity contribution < 1.29 is 14.6 Å². The van der Waals surface area contributed by atoms with Crippen LogP contribution < -0.4 is 4.90 Å². The maximum Gasteiger partial charge on any atom is 0.311 e. The number of carboxylic acid groups (broad SMARTS) is 1. The first-order valence-electron chi connectivity index (χ1n) is 7.05. The fourth-order valence-electron chi connectivity index (χ4n) is 2.51. The maximum absolute atomic E-state index is 11.3. The molecule has 2 unspecified atom stereocenters. The van der Waals surface area contributed by atoms with E-state index in [1.54, 1.807) is 6.33 Å². The van der Waals surface area contributed by atoms with E-state index in [0.29, 0.717) is 6.61 Å². The summed E-state index contributed by atoms with van der Waals surface area (Å²) < 4.78 is 5.37. The molecule has 6 nitrogen and oxygen atoms in total. The lowest BCUT2D eigenvalue weighted by Gasteiger charge is -2.31. The van der Waals surface area contributed by atoms with Crippen LogP contribution >= 0.6 is 0 Å². The lowest BCUT2D eigenvalue weighted by Crippen LogP contribution is -2.44. The van der Waals surface area contributed by atoms with Crippen LogP contribution in [0.5, 0.6) is 0 Å². The number of rotatable bonds is 6. The Morgan fingerprint density at radius 2 is 2.25 bits per heavy atom. The molecule has 1 aliphatic rings.